The van der Waals surface area contributed by atoms with E-state index < -0.39 is 11.6 Å². The molecule has 21 heavy (non-hydrogen) atoms. The Kier molecular flexibility index (Phi) is 3.97. The van der Waals surface area contributed by atoms with Gasteiger partial charge < -0.3 is 5.32 Å². The molecular formula is C17H16F3N. The van der Waals surface area contributed by atoms with E-state index in [-0.39, 0.29) is 17.8 Å². The minimum Gasteiger partial charge on any atom is -0.310 e. The molecule has 1 nitrogen and oxygen atoms in total. The molecule has 2 aromatic carbocycles. The molecule has 3 rings (SSSR count). The summed E-state index contributed by atoms with van der Waals surface area (Å²) in [4.78, 5) is 0. The van der Waals surface area contributed by atoms with Crippen molar-refractivity contribution in [2.24, 2.45) is 0 Å². The highest BCUT2D eigenvalue weighted by Gasteiger charge is 2.31. The highest BCUT2D eigenvalue weighted by Crippen LogP contribution is 2.38. The van der Waals surface area contributed by atoms with Crippen molar-refractivity contribution < 1.29 is 13.2 Å². The largest absolute Gasteiger partial charge is 0.310 e. The molecule has 1 aliphatic rings. The molecule has 4 heteroatoms. The van der Waals surface area contributed by atoms with Crippen LogP contribution in [-0.4, -0.2) is 6.04 Å². The molecule has 1 fully saturated rings. The molecule has 0 saturated heterocycles. The third kappa shape index (κ3) is 3.10. The zero-order valence-corrected chi connectivity index (χ0v) is 11.5. The summed E-state index contributed by atoms with van der Waals surface area (Å²) >= 11 is 0. The average molecular weight is 291 g/mol. The zero-order chi connectivity index (χ0) is 14.8. The standard InChI is InChI=1S/C17H16F3N/c18-13-6-5-11(17(20)9-13)10-21-14-7-12(8-14)15-3-1-2-4-16(15)19/h1-6,9,12,14,21H,7-8,10H2. The maximum absolute atomic E-state index is 13.6. The molecule has 0 atom stereocenters. The van der Waals surface area contributed by atoms with Gasteiger partial charge in [0.1, 0.15) is 17.5 Å². The van der Waals surface area contributed by atoms with Crippen molar-refractivity contribution in [2.75, 3.05) is 0 Å². The summed E-state index contributed by atoms with van der Waals surface area (Å²) in [6, 6.07) is 10.7. The Hall–Kier alpha value is -1.81. The van der Waals surface area contributed by atoms with Gasteiger partial charge in [0, 0.05) is 24.2 Å². The predicted molar refractivity (Wildman–Crippen MR) is 75.4 cm³/mol. The van der Waals surface area contributed by atoms with Gasteiger partial charge in [-0.2, -0.15) is 0 Å². The fraction of sp³-hybridized carbons (Fsp3) is 0.294. The third-order valence-electron chi connectivity index (χ3n) is 4.08. The van der Waals surface area contributed by atoms with Crippen LogP contribution in [0.25, 0.3) is 0 Å². The van der Waals surface area contributed by atoms with Gasteiger partial charge in [-0.05, 0) is 36.5 Å². The van der Waals surface area contributed by atoms with Crippen LogP contribution < -0.4 is 5.32 Å². The predicted octanol–water partition coefficient (Wildman–Crippen LogP) is 4.14. The van der Waals surface area contributed by atoms with Gasteiger partial charge in [-0.25, -0.2) is 13.2 Å². The van der Waals surface area contributed by atoms with Crippen LogP contribution in [0.15, 0.2) is 42.5 Å². The summed E-state index contributed by atoms with van der Waals surface area (Å²) in [7, 11) is 0. The van der Waals surface area contributed by atoms with Crippen LogP contribution in [0.5, 0.6) is 0 Å². The molecule has 0 unspecified atom stereocenters. The fourth-order valence-electron chi connectivity index (χ4n) is 2.76. The second-order valence-electron chi connectivity index (χ2n) is 5.50. The van der Waals surface area contributed by atoms with Gasteiger partial charge >= 0.3 is 0 Å². The topological polar surface area (TPSA) is 12.0 Å². The summed E-state index contributed by atoms with van der Waals surface area (Å²) in [5.74, 6) is -1.04. The van der Waals surface area contributed by atoms with E-state index in [1.54, 1.807) is 6.07 Å². The van der Waals surface area contributed by atoms with E-state index in [4.69, 9.17) is 0 Å². The first-order valence-corrected chi connectivity index (χ1v) is 7.05. The van der Waals surface area contributed by atoms with Crippen molar-refractivity contribution in [1.82, 2.24) is 5.32 Å². The summed E-state index contributed by atoms with van der Waals surface area (Å²) in [6.45, 7) is 0.362. The molecule has 0 amide bonds. The number of hydrogen-bond donors (Lipinski definition) is 1. The molecule has 1 saturated carbocycles. The molecule has 0 heterocycles. The van der Waals surface area contributed by atoms with Crippen LogP contribution >= 0.6 is 0 Å². The van der Waals surface area contributed by atoms with Crippen molar-refractivity contribution in [3.05, 3.63) is 71.0 Å². The Bertz CT molecular complexity index is 636. The Morgan fingerprint density at radius 2 is 1.71 bits per heavy atom. The summed E-state index contributed by atoms with van der Waals surface area (Å²) < 4.78 is 39.9. The summed E-state index contributed by atoms with van der Waals surface area (Å²) in [5, 5.41) is 3.23. The minimum absolute atomic E-state index is 0.162. The molecule has 0 radical (unpaired) electrons. The fourth-order valence-corrected chi connectivity index (χ4v) is 2.76. The van der Waals surface area contributed by atoms with E-state index in [9.17, 15) is 13.2 Å². The van der Waals surface area contributed by atoms with Crippen LogP contribution in [0.3, 0.4) is 0 Å². The normalized spacial score (nSPS) is 21.1. The Balaban J connectivity index is 1.52. The van der Waals surface area contributed by atoms with E-state index in [1.165, 1.54) is 18.2 Å². The van der Waals surface area contributed by atoms with E-state index in [0.29, 0.717) is 12.1 Å². The monoisotopic (exact) mass is 291 g/mol. The Morgan fingerprint density at radius 3 is 2.43 bits per heavy atom. The zero-order valence-electron chi connectivity index (χ0n) is 11.5. The molecular weight excluding hydrogens is 275 g/mol. The van der Waals surface area contributed by atoms with Crippen LogP contribution in [-0.2, 0) is 6.54 Å². The summed E-state index contributed by atoms with van der Waals surface area (Å²) in [5.41, 5.74) is 1.20. The van der Waals surface area contributed by atoms with Gasteiger partial charge in [0.15, 0.2) is 0 Å². The molecule has 0 aliphatic heterocycles. The smallest absolute Gasteiger partial charge is 0.130 e. The molecule has 110 valence electrons. The molecule has 0 bridgehead atoms. The maximum atomic E-state index is 13.6. The van der Waals surface area contributed by atoms with Gasteiger partial charge in [-0.1, -0.05) is 24.3 Å². The Morgan fingerprint density at radius 1 is 0.952 bits per heavy atom. The quantitative estimate of drug-likeness (QED) is 0.892. The van der Waals surface area contributed by atoms with Gasteiger partial charge in [-0.3, -0.25) is 0 Å². The van der Waals surface area contributed by atoms with E-state index >= 15 is 0 Å². The van der Waals surface area contributed by atoms with E-state index in [1.807, 2.05) is 12.1 Å². The van der Waals surface area contributed by atoms with Crippen LogP contribution in [0.2, 0.25) is 0 Å². The lowest BCUT2D eigenvalue weighted by molar-refractivity contribution is 0.283. The van der Waals surface area contributed by atoms with E-state index in [2.05, 4.69) is 5.32 Å². The van der Waals surface area contributed by atoms with E-state index in [0.717, 1.165) is 24.5 Å². The molecule has 1 N–H and O–H groups in total. The van der Waals surface area contributed by atoms with Crippen LogP contribution in [0, 0.1) is 17.5 Å². The van der Waals surface area contributed by atoms with Gasteiger partial charge in [0.2, 0.25) is 0 Å². The molecule has 1 aliphatic carbocycles. The first-order chi connectivity index (χ1) is 10.1. The lowest BCUT2D eigenvalue weighted by Gasteiger charge is -2.36. The van der Waals surface area contributed by atoms with Gasteiger partial charge in [0.05, 0.1) is 0 Å². The molecule has 2 aromatic rings. The Labute approximate surface area is 121 Å². The van der Waals surface area contributed by atoms with Crippen LogP contribution in [0.4, 0.5) is 13.2 Å². The lowest BCUT2D eigenvalue weighted by Crippen LogP contribution is -2.40. The second-order valence-corrected chi connectivity index (χ2v) is 5.50. The third-order valence-corrected chi connectivity index (χ3v) is 4.08. The van der Waals surface area contributed by atoms with Crippen molar-refractivity contribution in [3.8, 4) is 0 Å². The number of hydrogen-bond acceptors (Lipinski definition) is 1. The van der Waals surface area contributed by atoms with Gasteiger partial charge in [0.25, 0.3) is 0 Å². The van der Waals surface area contributed by atoms with Crippen molar-refractivity contribution in [1.29, 1.82) is 0 Å². The first-order valence-electron chi connectivity index (χ1n) is 7.05. The number of nitrogens with one attached hydrogen (secondary N) is 1. The number of rotatable bonds is 4. The van der Waals surface area contributed by atoms with Crippen molar-refractivity contribution in [2.45, 2.75) is 31.3 Å². The molecule has 0 aromatic heterocycles. The summed E-state index contributed by atoms with van der Waals surface area (Å²) in [6.07, 6.45) is 1.67. The average Bonchev–Trinajstić information content (AvgIpc) is 2.41. The molecule has 0 spiro atoms. The van der Waals surface area contributed by atoms with Crippen molar-refractivity contribution in [3.63, 3.8) is 0 Å². The maximum Gasteiger partial charge on any atom is 0.130 e. The number of halogens is 3. The van der Waals surface area contributed by atoms with Crippen molar-refractivity contribution >= 4 is 0 Å². The SMILES string of the molecule is Fc1ccc(CNC2CC(c3ccccc3F)C2)c(F)c1. The van der Waals surface area contributed by atoms with Crippen LogP contribution in [0.1, 0.15) is 29.9 Å². The number of benzene rings is 2. The highest BCUT2D eigenvalue weighted by molar-refractivity contribution is 5.25. The first kappa shape index (κ1) is 14.1. The van der Waals surface area contributed by atoms with Gasteiger partial charge in [-0.15, -0.1) is 0 Å². The highest BCUT2D eigenvalue weighted by atomic mass is 19.1. The second kappa shape index (κ2) is 5.90. The minimum atomic E-state index is -0.570. The lowest BCUT2D eigenvalue weighted by atomic mass is 9.75.